The van der Waals surface area contributed by atoms with Crippen molar-refractivity contribution in [2.24, 2.45) is 0 Å². The highest BCUT2D eigenvalue weighted by Crippen LogP contribution is 2.28. The molecule has 1 aromatic carbocycles. The number of carbonyl (C=O) groups is 2. The van der Waals surface area contributed by atoms with Crippen LogP contribution in [0.15, 0.2) is 30.9 Å². The van der Waals surface area contributed by atoms with E-state index in [9.17, 15) is 18.4 Å². The maximum absolute atomic E-state index is 13.9. The molecular weight excluding hydrogens is 304 g/mol. The second kappa shape index (κ2) is 6.36. The Balaban J connectivity index is 2.03. The largest absolute Gasteiger partial charge is 0.331 e. The first-order chi connectivity index (χ1) is 10.7. The lowest BCUT2D eigenvalue weighted by Crippen LogP contribution is -2.48. The molecule has 0 radical (unpaired) electrons. The summed E-state index contributed by atoms with van der Waals surface area (Å²) >= 11 is 0. The van der Waals surface area contributed by atoms with E-state index in [-0.39, 0.29) is 6.54 Å². The molecule has 1 heterocycles. The number of urea groups is 1. The SMILES string of the molecule is C=CC(=O)N1CC(NC(=O)Nc2cc(C)ccc2C)C(F)(F)C1. The minimum atomic E-state index is -3.18. The molecular formula is C16H19F2N3O2. The predicted octanol–water partition coefficient (Wildman–Crippen LogP) is 2.46. The fraction of sp³-hybridized carbons (Fsp3) is 0.375. The van der Waals surface area contributed by atoms with Crippen molar-refractivity contribution in [1.82, 2.24) is 10.2 Å². The summed E-state index contributed by atoms with van der Waals surface area (Å²) in [6.07, 6.45) is 0.981. The van der Waals surface area contributed by atoms with Crippen LogP contribution in [0.1, 0.15) is 11.1 Å². The van der Waals surface area contributed by atoms with E-state index >= 15 is 0 Å². The van der Waals surface area contributed by atoms with Gasteiger partial charge < -0.3 is 15.5 Å². The number of nitrogens with zero attached hydrogens (tertiary/aromatic N) is 1. The Morgan fingerprint density at radius 2 is 2.09 bits per heavy atom. The van der Waals surface area contributed by atoms with E-state index in [2.05, 4.69) is 17.2 Å². The zero-order valence-electron chi connectivity index (χ0n) is 13.0. The van der Waals surface area contributed by atoms with E-state index in [1.165, 1.54) is 0 Å². The second-order valence-electron chi connectivity index (χ2n) is 5.65. The van der Waals surface area contributed by atoms with Crippen LogP contribution in [0.2, 0.25) is 0 Å². The van der Waals surface area contributed by atoms with Crippen molar-refractivity contribution in [1.29, 1.82) is 0 Å². The Labute approximate surface area is 133 Å². The summed E-state index contributed by atoms with van der Waals surface area (Å²) in [5.74, 6) is -3.76. The molecule has 3 amide bonds. The second-order valence-corrected chi connectivity index (χ2v) is 5.65. The quantitative estimate of drug-likeness (QED) is 0.840. The molecule has 5 nitrogen and oxygen atoms in total. The fourth-order valence-corrected chi connectivity index (χ4v) is 2.42. The molecule has 2 rings (SSSR count). The monoisotopic (exact) mass is 323 g/mol. The van der Waals surface area contributed by atoms with E-state index in [4.69, 9.17) is 0 Å². The molecule has 0 bridgehead atoms. The number of carbonyl (C=O) groups excluding carboxylic acids is 2. The number of halogens is 2. The summed E-state index contributed by atoms with van der Waals surface area (Å²) in [5.41, 5.74) is 2.33. The van der Waals surface area contributed by atoms with Crippen LogP contribution < -0.4 is 10.6 Å². The van der Waals surface area contributed by atoms with Crippen molar-refractivity contribution >= 4 is 17.6 Å². The number of hydrogen-bond donors (Lipinski definition) is 2. The van der Waals surface area contributed by atoms with Gasteiger partial charge in [0.25, 0.3) is 5.92 Å². The van der Waals surface area contributed by atoms with Gasteiger partial charge in [0.2, 0.25) is 5.91 Å². The highest BCUT2D eigenvalue weighted by atomic mass is 19.3. The van der Waals surface area contributed by atoms with Crippen molar-refractivity contribution in [2.45, 2.75) is 25.8 Å². The zero-order valence-corrected chi connectivity index (χ0v) is 13.0. The Bertz CT molecular complexity index is 646. The van der Waals surface area contributed by atoms with Crippen molar-refractivity contribution in [2.75, 3.05) is 18.4 Å². The van der Waals surface area contributed by atoms with Crippen LogP contribution in [0.4, 0.5) is 19.3 Å². The van der Waals surface area contributed by atoms with Gasteiger partial charge in [0.05, 0.1) is 6.54 Å². The summed E-state index contributed by atoms with van der Waals surface area (Å²) < 4.78 is 27.9. The van der Waals surface area contributed by atoms with Crippen LogP contribution in [-0.4, -0.2) is 41.9 Å². The fourth-order valence-electron chi connectivity index (χ4n) is 2.42. The van der Waals surface area contributed by atoms with Crippen molar-refractivity contribution in [3.63, 3.8) is 0 Å². The van der Waals surface area contributed by atoms with Gasteiger partial charge in [0.15, 0.2) is 0 Å². The first-order valence-corrected chi connectivity index (χ1v) is 7.17. The van der Waals surface area contributed by atoms with Gasteiger partial charge in [-0.1, -0.05) is 18.7 Å². The normalized spacial score (nSPS) is 19.3. The molecule has 0 saturated carbocycles. The van der Waals surface area contributed by atoms with Gasteiger partial charge in [-0.3, -0.25) is 4.79 Å². The Kier molecular flexibility index (Phi) is 4.68. The average molecular weight is 323 g/mol. The Hall–Kier alpha value is -2.44. The van der Waals surface area contributed by atoms with Crippen LogP contribution in [-0.2, 0) is 4.79 Å². The number of aryl methyl sites for hydroxylation is 2. The smallest absolute Gasteiger partial charge is 0.319 e. The first-order valence-electron chi connectivity index (χ1n) is 7.17. The van der Waals surface area contributed by atoms with Gasteiger partial charge >= 0.3 is 6.03 Å². The molecule has 0 spiro atoms. The van der Waals surface area contributed by atoms with E-state index < -0.39 is 30.4 Å². The number of likely N-dealkylation sites (tertiary alicyclic amines) is 1. The molecule has 0 aromatic heterocycles. The topological polar surface area (TPSA) is 61.4 Å². The Morgan fingerprint density at radius 1 is 1.39 bits per heavy atom. The molecule has 1 saturated heterocycles. The van der Waals surface area contributed by atoms with Crippen LogP contribution in [0.5, 0.6) is 0 Å². The molecule has 1 fully saturated rings. The minimum absolute atomic E-state index is 0.252. The predicted molar refractivity (Wildman–Crippen MR) is 83.6 cm³/mol. The van der Waals surface area contributed by atoms with E-state index in [1.54, 1.807) is 6.07 Å². The van der Waals surface area contributed by atoms with Crippen molar-refractivity contribution in [3.05, 3.63) is 42.0 Å². The van der Waals surface area contributed by atoms with E-state index in [1.807, 2.05) is 26.0 Å². The van der Waals surface area contributed by atoms with Gasteiger partial charge in [-0.15, -0.1) is 0 Å². The van der Waals surface area contributed by atoms with Crippen LogP contribution in [0.3, 0.4) is 0 Å². The molecule has 7 heteroatoms. The zero-order chi connectivity index (χ0) is 17.2. The van der Waals surface area contributed by atoms with Crippen LogP contribution in [0.25, 0.3) is 0 Å². The summed E-state index contributed by atoms with van der Waals surface area (Å²) in [6, 6.07) is 3.32. The van der Waals surface area contributed by atoms with Gasteiger partial charge in [-0.25, -0.2) is 13.6 Å². The van der Waals surface area contributed by atoms with Crippen molar-refractivity contribution in [3.8, 4) is 0 Å². The molecule has 124 valence electrons. The van der Waals surface area contributed by atoms with Crippen molar-refractivity contribution < 1.29 is 18.4 Å². The standard InChI is InChI=1S/C16H19F2N3O2/c1-4-14(22)21-8-13(16(17,18)9-21)20-15(23)19-12-7-10(2)5-6-11(12)3/h4-7,13H,1,8-9H2,2-3H3,(H2,19,20,23). The van der Waals surface area contributed by atoms with Crippen LogP contribution >= 0.6 is 0 Å². The lowest BCUT2D eigenvalue weighted by atomic mass is 10.1. The number of amides is 3. The summed E-state index contributed by atoms with van der Waals surface area (Å²) in [5, 5.41) is 4.81. The van der Waals surface area contributed by atoms with E-state index in [0.29, 0.717) is 5.69 Å². The summed E-state index contributed by atoms with van der Waals surface area (Å²) in [7, 11) is 0. The molecule has 1 atom stereocenters. The van der Waals surface area contributed by atoms with Gasteiger partial charge in [-0.2, -0.15) is 0 Å². The van der Waals surface area contributed by atoms with E-state index in [0.717, 1.165) is 22.1 Å². The minimum Gasteiger partial charge on any atom is -0.331 e. The van der Waals surface area contributed by atoms with Gasteiger partial charge in [0.1, 0.15) is 6.04 Å². The lowest BCUT2D eigenvalue weighted by Gasteiger charge is -2.19. The lowest BCUT2D eigenvalue weighted by molar-refractivity contribution is -0.126. The number of benzene rings is 1. The number of rotatable bonds is 3. The third-order valence-electron chi connectivity index (χ3n) is 3.75. The molecule has 1 aliphatic rings. The number of hydrogen-bond acceptors (Lipinski definition) is 2. The summed E-state index contributed by atoms with van der Waals surface area (Å²) in [4.78, 5) is 24.4. The highest BCUT2D eigenvalue weighted by Gasteiger charge is 2.49. The number of anilines is 1. The number of alkyl halides is 2. The third kappa shape index (κ3) is 3.85. The molecule has 1 unspecified atom stereocenters. The maximum atomic E-state index is 13.9. The third-order valence-corrected chi connectivity index (χ3v) is 3.75. The molecule has 23 heavy (non-hydrogen) atoms. The average Bonchev–Trinajstić information content (AvgIpc) is 2.77. The number of nitrogens with one attached hydrogen (secondary N) is 2. The molecule has 0 aliphatic carbocycles. The maximum Gasteiger partial charge on any atom is 0.319 e. The molecule has 1 aromatic rings. The first kappa shape index (κ1) is 16.9. The van der Waals surface area contributed by atoms with Gasteiger partial charge in [0, 0.05) is 12.2 Å². The van der Waals surface area contributed by atoms with Crippen LogP contribution in [0, 0.1) is 13.8 Å². The molecule has 1 aliphatic heterocycles. The molecule has 2 N–H and O–H groups in total. The highest BCUT2D eigenvalue weighted by molar-refractivity contribution is 5.91. The summed E-state index contributed by atoms with van der Waals surface area (Å²) in [6.45, 7) is 5.97. The Morgan fingerprint density at radius 3 is 2.74 bits per heavy atom. The van der Waals surface area contributed by atoms with Gasteiger partial charge in [-0.05, 0) is 37.1 Å².